The van der Waals surface area contributed by atoms with Crippen LogP contribution in [-0.2, 0) is 0 Å². The van der Waals surface area contributed by atoms with E-state index in [9.17, 15) is 0 Å². The highest BCUT2D eigenvalue weighted by Gasteiger charge is 1.78. The Bertz CT molecular complexity index is 399. The third-order valence-corrected chi connectivity index (χ3v) is 2.83. The summed E-state index contributed by atoms with van der Waals surface area (Å²) in [6.07, 6.45) is 6.63. The van der Waals surface area contributed by atoms with Gasteiger partial charge in [0.05, 0.1) is 11.5 Å². The molecule has 0 aliphatic heterocycles. The Balaban J connectivity index is 3.53. The quantitative estimate of drug-likeness (QED) is 0.517. The van der Waals surface area contributed by atoms with Gasteiger partial charge in [-0.05, 0) is 36.5 Å². The van der Waals surface area contributed by atoms with Crippen molar-refractivity contribution < 1.29 is 0 Å². The monoisotopic (exact) mass is 270 g/mol. The van der Waals surface area contributed by atoms with E-state index in [4.69, 9.17) is 0 Å². The predicted molar refractivity (Wildman–Crippen MR) is 87.5 cm³/mol. The third-order valence-electron chi connectivity index (χ3n) is 2.14. The van der Waals surface area contributed by atoms with E-state index in [0.717, 1.165) is 37.2 Å². The average Bonchev–Trinajstić information content (AvgIpc) is 2.43. The van der Waals surface area contributed by atoms with Crippen molar-refractivity contribution in [1.29, 1.82) is 0 Å². The molecular weight excluding hydrogens is 248 g/mol. The lowest BCUT2D eigenvalue weighted by molar-refractivity contribution is 0.828. The topological polar surface area (TPSA) is 0 Å². The van der Waals surface area contributed by atoms with Gasteiger partial charge in [-0.2, -0.15) is 0 Å². The van der Waals surface area contributed by atoms with Crippen LogP contribution in [0.5, 0.6) is 0 Å². The van der Waals surface area contributed by atoms with E-state index in [1.165, 1.54) is 12.8 Å². The van der Waals surface area contributed by atoms with Gasteiger partial charge in [-0.15, -0.1) is 11.8 Å². The second-order valence-corrected chi connectivity index (χ2v) is 4.89. The van der Waals surface area contributed by atoms with Gasteiger partial charge < -0.3 is 0 Å². The lowest BCUT2D eigenvalue weighted by atomic mass is 10.2. The van der Waals surface area contributed by atoms with Gasteiger partial charge in [0.2, 0.25) is 0 Å². The standard InChI is InChI=1S/C18H22S/c1-3-5-7-9-11-13-15-17-19-18-16-14-12-10-8-6-4-2/h3-8,17-18H2,1-2H3. The summed E-state index contributed by atoms with van der Waals surface area (Å²) in [5.41, 5.74) is 0. The van der Waals surface area contributed by atoms with Crippen molar-refractivity contribution in [3.8, 4) is 47.4 Å². The van der Waals surface area contributed by atoms with Crippen molar-refractivity contribution in [2.24, 2.45) is 0 Å². The number of rotatable bonds is 6. The number of hydrogen-bond acceptors (Lipinski definition) is 1. The first-order valence-electron chi connectivity index (χ1n) is 6.91. The van der Waals surface area contributed by atoms with Crippen molar-refractivity contribution in [3.63, 3.8) is 0 Å². The molecule has 0 amide bonds. The average molecular weight is 270 g/mol. The molecule has 0 spiro atoms. The molecule has 0 atom stereocenters. The summed E-state index contributed by atoms with van der Waals surface area (Å²) in [5.74, 6) is 25.2. The molecule has 0 aromatic carbocycles. The smallest absolute Gasteiger partial charge is 0.0567 e. The van der Waals surface area contributed by atoms with E-state index >= 15 is 0 Å². The fourth-order valence-corrected chi connectivity index (χ4v) is 1.51. The van der Waals surface area contributed by atoms with Crippen molar-refractivity contribution >= 4 is 11.8 Å². The van der Waals surface area contributed by atoms with Gasteiger partial charge in [0.25, 0.3) is 0 Å². The van der Waals surface area contributed by atoms with Gasteiger partial charge in [-0.3, -0.25) is 0 Å². The zero-order valence-corrected chi connectivity index (χ0v) is 12.9. The maximum atomic E-state index is 3.04. The number of thioether (sulfide) groups is 1. The fourth-order valence-electron chi connectivity index (χ4n) is 1.06. The molecule has 0 aromatic heterocycles. The van der Waals surface area contributed by atoms with Crippen LogP contribution >= 0.6 is 11.8 Å². The third kappa shape index (κ3) is 16.6. The van der Waals surface area contributed by atoms with Crippen LogP contribution in [0.4, 0.5) is 0 Å². The molecule has 0 aliphatic rings. The molecule has 0 bridgehead atoms. The summed E-state index contributed by atoms with van der Waals surface area (Å²) in [5, 5.41) is 0. The van der Waals surface area contributed by atoms with E-state index in [0.29, 0.717) is 0 Å². The molecule has 0 aliphatic carbocycles. The largest absolute Gasteiger partial charge is 0.136 e. The second kappa shape index (κ2) is 16.6. The van der Waals surface area contributed by atoms with E-state index in [-0.39, 0.29) is 0 Å². The lowest BCUT2D eigenvalue weighted by Crippen LogP contribution is -1.75. The Morgan fingerprint density at radius 1 is 0.632 bits per heavy atom. The molecule has 0 N–H and O–H groups in total. The Labute approximate surface area is 123 Å². The van der Waals surface area contributed by atoms with Crippen molar-refractivity contribution in [2.45, 2.75) is 52.4 Å². The van der Waals surface area contributed by atoms with Gasteiger partial charge in [-0.25, -0.2) is 0 Å². The molecule has 0 rings (SSSR count). The van der Waals surface area contributed by atoms with E-state index in [1.54, 1.807) is 11.8 Å². The van der Waals surface area contributed by atoms with Crippen molar-refractivity contribution in [2.75, 3.05) is 11.5 Å². The van der Waals surface area contributed by atoms with Crippen LogP contribution in [0.3, 0.4) is 0 Å². The first kappa shape index (κ1) is 17.6. The minimum atomic E-state index is 0.792. The highest BCUT2D eigenvalue weighted by Crippen LogP contribution is 1.95. The first-order chi connectivity index (χ1) is 9.41. The summed E-state index contributed by atoms with van der Waals surface area (Å²) in [4.78, 5) is 0. The second-order valence-electron chi connectivity index (χ2n) is 3.91. The Morgan fingerprint density at radius 3 is 1.47 bits per heavy atom. The Hall–Kier alpha value is -1.41. The highest BCUT2D eigenvalue weighted by atomic mass is 32.2. The van der Waals surface area contributed by atoms with Crippen LogP contribution in [0, 0.1) is 47.4 Å². The maximum absolute atomic E-state index is 3.04. The molecule has 19 heavy (non-hydrogen) atoms. The molecule has 1 heteroatoms. The number of hydrogen-bond donors (Lipinski definition) is 0. The molecule has 0 saturated carbocycles. The van der Waals surface area contributed by atoms with Crippen LogP contribution < -0.4 is 0 Å². The summed E-state index contributed by atoms with van der Waals surface area (Å²) < 4.78 is 0. The molecule has 0 fully saturated rings. The molecule has 0 nitrogen and oxygen atoms in total. The molecule has 0 unspecified atom stereocenters. The minimum Gasteiger partial charge on any atom is -0.136 e. The van der Waals surface area contributed by atoms with Gasteiger partial charge in [0, 0.05) is 12.8 Å². The van der Waals surface area contributed by atoms with Gasteiger partial charge >= 0.3 is 0 Å². The molecular formula is C18H22S. The van der Waals surface area contributed by atoms with E-state index in [2.05, 4.69) is 61.2 Å². The maximum Gasteiger partial charge on any atom is 0.0567 e. The molecule has 0 heterocycles. The normalized spacial score (nSPS) is 7.68. The molecule has 0 radical (unpaired) electrons. The van der Waals surface area contributed by atoms with Crippen LogP contribution in [0.1, 0.15) is 52.4 Å². The summed E-state index contributed by atoms with van der Waals surface area (Å²) in [6, 6.07) is 0. The minimum absolute atomic E-state index is 0.792. The van der Waals surface area contributed by atoms with E-state index in [1.807, 2.05) is 0 Å². The summed E-state index contributed by atoms with van der Waals surface area (Å²) in [7, 11) is 0. The first-order valence-corrected chi connectivity index (χ1v) is 8.06. The zero-order valence-electron chi connectivity index (χ0n) is 12.1. The lowest BCUT2D eigenvalue weighted by Gasteiger charge is -1.83. The van der Waals surface area contributed by atoms with Crippen molar-refractivity contribution in [3.05, 3.63) is 0 Å². The van der Waals surface area contributed by atoms with Crippen LogP contribution in [0.2, 0.25) is 0 Å². The summed E-state index contributed by atoms with van der Waals surface area (Å²) in [6.45, 7) is 4.33. The molecule has 0 aromatic rings. The Morgan fingerprint density at radius 2 is 1.05 bits per heavy atom. The zero-order chi connectivity index (χ0) is 14.0. The molecule has 0 saturated heterocycles. The molecule has 100 valence electrons. The van der Waals surface area contributed by atoms with Gasteiger partial charge in [0.1, 0.15) is 0 Å². The number of unbranched alkanes of at least 4 members (excludes halogenated alkanes) is 4. The predicted octanol–water partition coefficient (Wildman–Crippen LogP) is 4.11. The van der Waals surface area contributed by atoms with E-state index < -0.39 is 0 Å². The fraction of sp³-hybridized carbons (Fsp3) is 0.556. The van der Waals surface area contributed by atoms with Crippen LogP contribution in [0.15, 0.2) is 0 Å². The van der Waals surface area contributed by atoms with Gasteiger partial charge in [0.15, 0.2) is 0 Å². The highest BCUT2D eigenvalue weighted by molar-refractivity contribution is 7.99. The van der Waals surface area contributed by atoms with Gasteiger partial charge in [-0.1, -0.05) is 50.4 Å². The Kier molecular flexibility index (Phi) is 15.4. The van der Waals surface area contributed by atoms with Crippen molar-refractivity contribution in [1.82, 2.24) is 0 Å². The SMILES string of the molecule is CCCCC#CC#CCSCC#CC#CCCCC. The summed E-state index contributed by atoms with van der Waals surface area (Å²) >= 11 is 1.71. The van der Waals surface area contributed by atoms with Crippen LogP contribution in [-0.4, -0.2) is 11.5 Å². The van der Waals surface area contributed by atoms with Crippen LogP contribution in [0.25, 0.3) is 0 Å².